The number of halogens is 1. The molecule has 1 atom stereocenters. The van der Waals surface area contributed by atoms with Gasteiger partial charge < -0.3 is 10.4 Å². The Hall–Kier alpha value is -0.430. The van der Waals surface area contributed by atoms with E-state index in [1.165, 1.54) is 9.13 Å². The number of aliphatic hydroxyl groups excluding tert-OH is 1. The summed E-state index contributed by atoms with van der Waals surface area (Å²) in [6.07, 6.45) is -0.412. The lowest BCUT2D eigenvalue weighted by Crippen LogP contribution is -2.20. The summed E-state index contributed by atoms with van der Waals surface area (Å²) < 4.78 is 1.24. The van der Waals surface area contributed by atoms with Crippen LogP contribution in [0.5, 0.6) is 0 Å². The third-order valence-electron chi connectivity index (χ3n) is 2.51. The number of thiophene rings is 1. The third-order valence-corrected chi connectivity index (χ3v) is 3.93. The molecular formula is C13H14INOS. The summed E-state index contributed by atoms with van der Waals surface area (Å²) >= 11 is 3.90. The van der Waals surface area contributed by atoms with Crippen LogP contribution in [0.4, 0.5) is 0 Å². The first kappa shape index (κ1) is 13.0. The minimum atomic E-state index is -0.412. The van der Waals surface area contributed by atoms with Crippen molar-refractivity contribution in [2.75, 3.05) is 6.54 Å². The number of rotatable bonds is 5. The van der Waals surface area contributed by atoms with Crippen LogP contribution in [-0.4, -0.2) is 11.7 Å². The summed E-state index contributed by atoms with van der Waals surface area (Å²) in [4.78, 5) is 0. The zero-order chi connectivity index (χ0) is 12.1. The monoisotopic (exact) mass is 359 g/mol. The molecule has 90 valence electrons. The Labute approximate surface area is 119 Å². The molecule has 0 aliphatic carbocycles. The van der Waals surface area contributed by atoms with Crippen LogP contribution in [0, 0.1) is 3.57 Å². The molecule has 2 nitrogen and oxygen atoms in total. The van der Waals surface area contributed by atoms with Crippen LogP contribution >= 0.6 is 33.9 Å². The highest BCUT2D eigenvalue weighted by Gasteiger charge is 2.06. The van der Waals surface area contributed by atoms with Crippen LogP contribution in [0.15, 0.2) is 41.1 Å². The van der Waals surface area contributed by atoms with Crippen LogP contribution in [0.3, 0.4) is 0 Å². The molecule has 1 heterocycles. The topological polar surface area (TPSA) is 32.3 Å². The molecule has 1 aromatic carbocycles. The van der Waals surface area contributed by atoms with Crippen molar-refractivity contribution in [2.24, 2.45) is 0 Å². The van der Waals surface area contributed by atoms with Crippen molar-refractivity contribution in [1.29, 1.82) is 0 Å². The third kappa shape index (κ3) is 4.06. The van der Waals surface area contributed by atoms with Gasteiger partial charge in [-0.15, -0.1) is 0 Å². The van der Waals surface area contributed by atoms with Gasteiger partial charge in [-0.05, 0) is 62.7 Å². The lowest BCUT2D eigenvalue weighted by atomic mass is 10.2. The smallest absolute Gasteiger partial charge is 0.0922 e. The number of nitrogens with one attached hydrogen (secondary N) is 1. The van der Waals surface area contributed by atoms with Crippen LogP contribution in [0.1, 0.15) is 17.2 Å². The van der Waals surface area contributed by atoms with Crippen LogP contribution in [0.2, 0.25) is 0 Å². The molecule has 2 rings (SSSR count). The molecule has 0 aliphatic rings. The summed E-state index contributed by atoms with van der Waals surface area (Å²) in [7, 11) is 0. The lowest BCUT2D eigenvalue weighted by Gasteiger charge is -2.10. The van der Waals surface area contributed by atoms with E-state index in [0.717, 1.165) is 12.1 Å². The van der Waals surface area contributed by atoms with Crippen LogP contribution in [0.25, 0.3) is 0 Å². The van der Waals surface area contributed by atoms with Crippen molar-refractivity contribution < 1.29 is 5.11 Å². The predicted octanol–water partition coefficient (Wildman–Crippen LogP) is 3.18. The number of hydrogen-bond donors (Lipinski definition) is 2. The molecule has 2 N–H and O–H groups in total. The fourth-order valence-corrected chi connectivity index (χ4v) is 2.60. The minimum Gasteiger partial charge on any atom is -0.387 e. The molecule has 0 spiro atoms. The number of benzene rings is 1. The maximum atomic E-state index is 9.87. The van der Waals surface area contributed by atoms with Gasteiger partial charge in [0.1, 0.15) is 0 Å². The van der Waals surface area contributed by atoms with E-state index in [1.54, 1.807) is 11.3 Å². The second-order valence-electron chi connectivity index (χ2n) is 3.83. The zero-order valence-electron chi connectivity index (χ0n) is 9.27. The molecule has 1 unspecified atom stereocenters. The molecule has 17 heavy (non-hydrogen) atoms. The Balaban J connectivity index is 1.78. The van der Waals surface area contributed by atoms with Gasteiger partial charge in [-0.1, -0.05) is 12.1 Å². The average molecular weight is 359 g/mol. The molecule has 0 bridgehead atoms. The van der Waals surface area contributed by atoms with Gasteiger partial charge in [0.25, 0.3) is 0 Å². The second kappa shape index (κ2) is 6.49. The predicted molar refractivity (Wildman–Crippen MR) is 80.1 cm³/mol. The molecule has 0 fully saturated rings. The van der Waals surface area contributed by atoms with Crippen molar-refractivity contribution in [3.63, 3.8) is 0 Å². The van der Waals surface area contributed by atoms with E-state index in [2.05, 4.69) is 52.2 Å². The molecule has 4 heteroatoms. The first-order valence-corrected chi connectivity index (χ1v) is 7.43. The Morgan fingerprint density at radius 3 is 2.65 bits per heavy atom. The van der Waals surface area contributed by atoms with Gasteiger partial charge in [-0.25, -0.2) is 0 Å². The van der Waals surface area contributed by atoms with Crippen molar-refractivity contribution >= 4 is 33.9 Å². The first-order chi connectivity index (χ1) is 8.25. The highest BCUT2D eigenvalue weighted by Crippen LogP contribution is 2.15. The Morgan fingerprint density at radius 1 is 1.24 bits per heavy atom. The molecule has 0 saturated heterocycles. The molecule has 0 aliphatic heterocycles. The molecule has 0 radical (unpaired) electrons. The van der Waals surface area contributed by atoms with Crippen molar-refractivity contribution in [3.05, 3.63) is 55.8 Å². The van der Waals surface area contributed by atoms with Crippen LogP contribution < -0.4 is 5.32 Å². The molecule has 0 saturated carbocycles. The van der Waals surface area contributed by atoms with Crippen molar-refractivity contribution in [3.8, 4) is 0 Å². The number of aliphatic hydroxyl groups is 1. The minimum absolute atomic E-state index is 0.412. The zero-order valence-corrected chi connectivity index (χ0v) is 12.2. The second-order valence-corrected chi connectivity index (χ2v) is 5.86. The molecular weight excluding hydrogens is 345 g/mol. The van der Waals surface area contributed by atoms with Crippen molar-refractivity contribution in [2.45, 2.75) is 12.6 Å². The Morgan fingerprint density at radius 2 is 2.00 bits per heavy atom. The molecule has 2 aromatic rings. The van der Waals surface area contributed by atoms with Gasteiger partial charge in [0.15, 0.2) is 0 Å². The maximum Gasteiger partial charge on any atom is 0.0922 e. The van der Waals surface area contributed by atoms with Gasteiger partial charge in [-0.3, -0.25) is 0 Å². The summed E-state index contributed by atoms with van der Waals surface area (Å²) in [6, 6.07) is 10.3. The van der Waals surface area contributed by atoms with Crippen LogP contribution in [-0.2, 0) is 6.54 Å². The SMILES string of the molecule is OC(CNCc1ccc(I)cc1)c1ccsc1. The average Bonchev–Trinajstić information content (AvgIpc) is 2.85. The molecule has 1 aromatic heterocycles. The fraction of sp³-hybridized carbons (Fsp3) is 0.231. The summed E-state index contributed by atoms with van der Waals surface area (Å²) in [5.41, 5.74) is 2.23. The van der Waals surface area contributed by atoms with Gasteiger partial charge in [0.2, 0.25) is 0 Å². The fourth-order valence-electron chi connectivity index (χ4n) is 1.54. The maximum absolute atomic E-state index is 9.87. The normalized spacial score (nSPS) is 12.6. The van der Waals surface area contributed by atoms with E-state index in [0.29, 0.717) is 6.54 Å². The van der Waals surface area contributed by atoms with E-state index in [4.69, 9.17) is 0 Å². The lowest BCUT2D eigenvalue weighted by molar-refractivity contribution is 0.175. The largest absolute Gasteiger partial charge is 0.387 e. The standard InChI is InChI=1S/C13H14INOS/c14-12-3-1-10(2-4-12)7-15-8-13(16)11-5-6-17-9-11/h1-6,9,13,15-16H,7-8H2. The van der Waals surface area contributed by atoms with Gasteiger partial charge in [0.05, 0.1) is 6.10 Å². The van der Waals surface area contributed by atoms with Gasteiger partial charge in [-0.2, -0.15) is 11.3 Å². The van der Waals surface area contributed by atoms with E-state index >= 15 is 0 Å². The van der Waals surface area contributed by atoms with E-state index < -0.39 is 6.10 Å². The van der Waals surface area contributed by atoms with E-state index in [-0.39, 0.29) is 0 Å². The van der Waals surface area contributed by atoms with Gasteiger partial charge >= 0.3 is 0 Å². The summed E-state index contributed by atoms with van der Waals surface area (Å²) in [5, 5.41) is 17.1. The Kier molecular flexibility index (Phi) is 4.97. The summed E-state index contributed by atoms with van der Waals surface area (Å²) in [5.74, 6) is 0. The summed E-state index contributed by atoms with van der Waals surface area (Å²) in [6.45, 7) is 1.38. The Bertz CT molecular complexity index is 441. The number of hydrogen-bond acceptors (Lipinski definition) is 3. The highest BCUT2D eigenvalue weighted by atomic mass is 127. The van der Waals surface area contributed by atoms with E-state index in [1.807, 2.05) is 16.8 Å². The quantitative estimate of drug-likeness (QED) is 0.804. The highest BCUT2D eigenvalue weighted by molar-refractivity contribution is 14.1. The first-order valence-electron chi connectivity index (χ1n) is 5.41. The van der Waals surface area contributed by atoms with Gasteiger partial charge in [0, 0.05) is 16.7 Å². The van der Waals surface area contributed by atoms with Crippen molar-refractivity contribution in [1.82, 2.24) is 5.32 Å². The van der Waals surface area contributed by atoms with E-state index in [9.17, 15) is 5.11 Å². The molecule has 0 amide bonds.